The number of amides is 1. The normalized spacial score (nSPS) is 20.9. The number of nitrogens with zero attached hydrogens (tertiary/aromatic N) is 1. The molecule has 1 aliphatic heterocycles. The summed E-state index contributed by atoms with van der Waals surface area (Å²) in [5.41, 5.74) is 0.617. The van der Waals surface area contributed by atoms with Crippen LogP contribution in [-0.2, 0) is 4.79 Å². The minimum Gasteiger partial charge on any atom is -0.393 e. The Bertz CT molecular complexity index is 496. The van der Waals surface area contributed by atoms with E-state index in [2.05, 4.69) is 26.1 Å². The highest BCUT2D eigenvalue weighted by Crippen LogP contribution is 2.26. The molecule has 6 heteroatoms. The highest BCUT2D eigenvalue weighted by Gasteiger charge is 2.27. The second-order valence-electron chi connectivity index (χ2n) is 5.20. The first-order valence-corrected chi connectivity index (χ1v) is 7.78. The Morgan fingerprint density at radius 3 is 3.00 bits per heavy atom. The van der Waals surface area contributed by atoms with E-state index in [1.807, 2.05) is 6.07 Å². The average molecular weight is 362 g/mol. The van der Waals surface area contributed by atoms with Crippen LogP contribution in [0, 0.1) is 5.92 Å². The minimum atomic E-state index is -0.316. The highest BCUT2D eigenvalue weighted by molar-refractivity contribution is 9.10. The number of rotatable bonds is 4. The zero-order chi connectivity index (χ0) is 14.7. The number of halogens is 2. The molecule has 0 saturated carbocycles. The van der Waals surface area contributed by atoms with Crippen LogP contribution in [0.2, 0.25) is 5.02 Å². The van der Waals surface area contributed by atoms with Crippen LogP contribution < -0.4 is 5.32 Å². The fourth-order valence-electron chi connectivity index (χ4n) is 2.38. The molecule has 1 aromatic rings. The first kappa shape index (κ1) is 15.8. The van der Waals surface area contributed by atoms with Gasteiger partial charge in [0, 0.05) is 11.0 Å². The molecule has 0 radical (unpaired) electrons. The van der Waals surface area contributed by atoms with Crippen LogP contribution in [0.3, 0.4) is 0 Å². The monoisotopic (exact) mass is 360 g/mol. The number of anilines is 1. The number of hydrogen-bond acceptors (Lipinski definition) is 3. The fourth-order valence-corrected chi connectivity index (χ4v) is 3.10. The van der Waals surface area contributed by atoms with Crippen LogP contribution in [0.15, 0.2) is 22.7 Å². The summed E-state index contributed by atoms with van der Waals surface area (Å²) in [4.78, 5) is 14.1. The van der Waals surface area contributed by atoms with E-state index >= 15 is 0 Å². The molecule has 1 amide bonds. The van der Waals surface area contributed by atoms with Crippen molar-refractivity contribution < 1.29 is 9.90 Å². The average Bonchev–Trinajstić information content (AvgIpc) is 2.81. The molecule has 1 aliphatic rings. The molecular weight excluding hydrogens is 344 g/mol. The van der Waals surface area contributed by atoms with Crippen LogP contribution in [-0.4, -0.2) is 41.7 Å². The third-order valence-electron chi connectivity index (χ3n) is 3.56. The number of likely N-dealkylation sites (tertiary alicyclic amines) is 1. The molecule has 1 saturated heterocycles. The Morgan fingerprint density at radius 1 is 1.65 bits per heavy atom. The summed E-state index contributed by atoms with van der Waals surface area (Å²) in [6.45, 7) is 3.74. The predicted molar refractivity (Wildman–Crippen MR) is 84.0 cm³/mol. The van der Waals surface area contributed by atoms with Crippen molar-refractivity contribution in [1.82, 2.24) is 4.90 Å². The number of benzene rings is 1. The lowest BCUT2D eigenvalue weighted by Gasteiger charge is -2.17. The summed E-state index contributed by atoms with van der Waals surface area (Å²) in [6.07, 6.45) is 0.619. The van der Waals surface area contributed by atoms with E-state index in [0.29, 0.717) is 17.3 Å². The van der Waals surface area contributed by atoms with Crippen molar-refractivity contribution in [1.29, 1.82) is 0 Å². The Morgan fingerprint density at radius 2 is 2.40 bits per heavy atom. The summed E-state index contributed by atoms with van der Waals surface area (Å²) < 4.78 is 0.875. The number of carbonyl (C=O) groups is 1. The summed E-state index contributed by atoms with van der Waals surface area (Å²) in [5, 5.41) is 12.9. The number of nitrogens with one attached hydrogen (secondary N) is 1. The zero-order valence-corrected chi connectivity index (χ0v) is 13.6. The molecule has 2 N–H and O–H groups in total. The number of carbonyl (C=O) groups excluding carboxylic acids is 1. The van der Waals surface area contributed by atoms with Crippen molar-refractivity contribution in [3.63, 3.8) is 0 Å². The van der Waals surface area contributed by atoms with Crippen LogP contribution >= 0.6 is 27.5 Å². The van der Waals surface area contributed by atoms with Crippen LogP contribution in [0.25, 0.3) is 0 Å². The fraction of sp³-hybridized carbons (Fsp3) is 0.500. The van der Waals surface area contributed by atoms with Gasteiger partial charge in [0.25, 0.3) is 0 Å². The number of aliphatic hydroxyl groups excluding tert-OH is 1. The lowest BCUT2D eigenvalue weighted by molar-refractivity contribution is -0.117. The summed E-state index contributed by atoms with van der Waals surface area (Å²) in [6, 6.07) is 5.35. The molecule has 2 unspecified atom stereocenters. The maximum Gasteiger partial charge on any atom is 0.238 e. The Labute approximate surface area is 132 Å². The largest absolute Gasteiger partial charge is 0.393 e. The second-order valence-corrected chi connectivity index (χ2v) is 6.52. The third-order valence-corrected chi connectivity index (χ3v) is 4.37. The number of hydrogen-bond donors (Lipinski definition) is 2. The van der Waals surface area contributed by atoms with Gasteiger partial charge in [-0.2, -0.15) is 0 Å². The van der Waals surface area contributed by atoms with Crippen molar-refractivity contribution in [2.24, 2.45) is 5.92 Å². The molecule has 110 valence electrons. The summed E-state index contributed by atoms with van der Waals surface area (Å²) >= 11 is 9.39. The predicted octanol–water partition coefficient (Wildman–Crippen LogP) is 2.74. The SMILES string of the molecule is CC(O)C1CCN(CC(=O)Nc2ccc(Br)cc2Cl)C1. The van der Waals surface area contributed by atoms with Gasteiger partial charge in [-0.25, -0.2) is 0 Å². The highest BCUT2D eigenvalue weighted by atomic mass is 79.9. The van der Waals surface area contributed by atoms with Gasteiger partial charge < -0.3 is 10.4 Å². The molecular formula is C14H18BrClN2O2. The van der Waals surface area contributed by atoms with Crippen molar-refractivity contribution in [2.45, 2.75) is 19.4 Å². The standard InChI is InChI=1S/C14H18BrClN2O2/c1-9(19)10-4-5-18(7-10)8-14(20)17-13-3-2-11(15)6-12(13)16/h2-3,6,9-10,19H,4-5,7-8H2,1H3,(H,17,20). The lowest BCUT2D eigenvalue weighted by Crippen LogP contribution is -2.32. The van der Waals surface area contributed by atoms with Gasteiger partial charge in [-0.3, -0.25) is 9.69 Å². The molecule has 0 spiro atoms. The summed E-state index contributed by atoms with van der Waals surface area (Å²) in [5.74, 6) is 0.180. The molecule has 0 bridgehead atoms. The van der Waals surface area contributed by atoms with Crippen LogP contribution in [0.5, 0.6) is 0 Å². The van der Waals surface area contributed by atoms with E-state index in [1.165, 1.54) is 0 Å². The van der Waals surface area contributed by atoms with Gasteiger partial charge in [-0.15, -0.1) is 0 Å². The molecule has 1 aromatic carbocycles. The first-order valence-electron chi connectivity index (χ1n) is 6.61. The lowest BCUT2D eigenvalue weighted by atomic mass is 10.0. The van der Waals surface area contributed by atoms with Gasteiger partial charge in [0.2, 0.25) is 5.91 Å². The van der Waals surface area contributed by atoms with E-state index in [4.69, 9.17) is 11.6 Å². The van der Waals surface area contributed by atoms with Crippen molar-refractivity contribution in [2.75, 3.05) is 25.0 Å². The summed E-state index contributed by atoms with van der Waals surface area (Å²) in [7, 11) is 0. The minimum absolute atomic E-state index is 0.0829. The van der Waals surface area contributed by atoms with E-state index in [-0.39, 0.29) is 17.9 Å². The Hall–Kier alpha value is -0.620. The van der Waals surface area contributed by atoms with Gasteiger partial charge in [0.1, 0.15) is 0 Å². The first-order chi connectivity index (χ1) is 9.45. The quantitative estimate of drug-likeness (QED) is 0.867. The van der Waals surface area contributed by atoms with Gasteiger partial charge in [0.15, 0.2) is 0 Å². The van der Waals surface area contributed by atoms with Crippen LogP contribution in [0.1, 0.15) is 13.3 Å². The van der Waals surface area contributed by atoms with E-state index < -0.39 is 0 Å². The Balaban J connectivity index is 1.87. The molecule has 4 nitrogen and oxygen atoms in total. The van der Waals surface area contributed by atoms with Crippen molar-refractivity contribution >= 4 is 39.1 Å². The van der Waals surface area contributed by atoms with Gasteiger partial charge in [-0.05, 0) is 44.0 Å². The number of aliphatic hydroxyl groups is 1. The molecule has 2 atom stereocenters. The maximum atomic E-state index is 12.0. The molecule has 0 aliphatic carbocycles. The topological polar surface area (TPSA) is 52.6 Å². The van der Waals surface area contributed by atoms with Gasteiger partial charge in [-0.1, -0.05) is 27.5 Å². The molecule has 1 fully saturated rings. The zero-order valence-electron chi connectivity index (χ0n) is 11.3. The Kier molecular flexibility index (Phi) is 5.43. The molecule has 0 aromatic heterocycles. The van der Waals surface area contributed by atoms with Gasteiger partial charge in [0.05, 0.1) is 23.4 Å². The van der Waals surface area contributed by atoms with Crippen molar-refractivity contribution in [3.05, 3.63) is 27.7 Å². The maximum absolute atomic E-state index is 12.0. The molecule has 20 heavy (non-hydrogen) atoms. The molecule has 2 rings (SSSR count). The van der Waals surface area contributed by atoms with E-state index in [9.17, 15) is 9.90 Å². The molecule has 1 heterocycles. The van der Waals surface area contributed by atoms with Crippen LogP contribution in [0.4, 0.5) is 5.69 Å². The third kappa shape index (κ3) is 4.19. The van der Waals surface area contributed by atoms with E-state index in [0.717, 1.165) is 24.0 Å². The van der Waals surface area contributed by atoms with E-state index in [1.54, 1.807) is 19.1 Å². The van der Waals surface area contributed by atoms with Gasteiger partial charge >= 0.3 is 0 Å². The smallest absolute Gasteiger partial charge is 0.238 e. The second kappa shape index (κ2) is 6.89. The van der Waals surface area contributed by atoms with Crippen molar-refractivity contribution in [3.8, 4) is 0 Å².